The van der Waals surface area contributed by atoms with Crippen LogP contribution in [0.5, 0.6) is 0 Å². The van der Waals surface area contributed by atoms with Crippen molar-refractivity contribution in [2.24, 2.45) is 0 Å². The molecule has 0 saturated heterocycles. The molecule has 0 aromatic rings. The summed E-state index contributed by atoms with van der Waals surface area (Å²) < 4.78 is 16.4. The van der Waals surface area contributed by atoms with E-state index in [2.05, 4.69) is 9.95 Å². The van der Waals surface area contributed by atoms with E-state index in [1.807, 2.05) is 0 Å². The van der Waals surface area contributed by atoms with Gasteiger partial charge in [0.15, 0.2) is 0 Å². The molecule has 10 heteroatoms. The standard InChI is InChI=1S/C14H16O4Se6/c1-17-9(15)3-5-19-12-13(20-6-4-10(16)18-2)24-14(23-12)11-21-7-8-22-11/h7-8H,3-6H2,1-2H3. The van der Waals surface area contributed by atoms with Gasteiger partial charge in [0.2, 0.25) is 0 Å². The Morgan fingerprint density at radius 2 is 1.33 bits per heavy atom. The molecule has 0 spiro atoms. The Bertz CT molecular complexity index is 538. The van der Waals surface area contributed by atoms with Crippen molar-refractivity contribution in [2.75, 3.05) is 14.2 Å². The summed E-state index contributed by atoms with van der Waals surface area (Å²) in [6.07, 6.45) is 1.07. The molecule has 0 aliphatic carbocycles. The molecule has 2 aliphatic heterocycles. The van der Waals surface area contributed by atoms with Crippen LogP contribution < -0.4 is 0 Å². The first-order valence-electron chi connectivity index (χ1n) is 6.86. The quantitative estimate of drug-likeness (QED) is 0.261. The molecule has 0 aromatic heterocycles. The van der Waals surface area contributed by atoms with Gasteiger partial charge in [-0.25, -0.2) is 0 Å². The van der Waals surface area contributed by atoms with Gasteiger partial charge < -0.3 is 0 Å². The van der Waals surface area contributed by atoms with Crippen molar-refractivity contribution < 1.29 is 19.1 Å². The molecule has 2 rings (SSSR count). The number of ether oxygens (including phenoxy) is 2. The number of rotatable bonds is 8. The fraction of sp³-hybridized carbons (Fsp3) is 0.429. The summed E-state index contributed by atoms with van der Waals surface area (Å²) >= 11 is 3.04. The van der Waals surface area contributed by atoms with Gasteiger partial charge in [0.1, 0.15) is 0 Å². The number of methoxy groups -OCH3 is 2. The molecule has 2 heterocycles. The second-order valence-electron chi connectivity index (χ2n) is 4.21. The van der Waals surface area contributed by atoms with Gasteiger partial charge in [-0.3, -0.25) is 0 Å². The van der Waals surface area contributed by atoms with E-state index in [0.717, 1.165) is 10.6 Å². The first-order chi connectivity index (χ1) is 11.6. The molecule has 0 unspecified atom stereocenters. The first-order valence-corrected chi connectivity index (χ1v) is 18.1. The normalized spacial score (nSPS) is 16.9. The molecule has 0 saturated carbocycles. The van der Waals surface area contributed by atoms with Crippen LogP contribution in [0, 0.1) is 0 Å². The Balaban J connectivity index is 1.94. The van der Waals surface area contributed by atoms with E-state index in [0.29, 0.717) is 103 Å². The summed E-state index contributed by atoms with van der Waals surface area (Å²) in [5, 5.41) is 1.89. The average Bonchev–Trinajstić information content (AvgIpc) is 3.24. The maximum absolute atomic E-state index is 11.3. The molecule has 0 aromatic carbocycles. The van der Waals surface area contributed by atoms with Crippen molar-refractivity contribution >= 4 is 102 Å². The maximum atomic E-state index is 11.3. The second kappa shape index (κ2) is 11.9. The van der Waals surface area contributed by atoms with Crippen LogP contribution in [-0.4, -0.2) is 116 Å². The Kier molecular flexibility index (Phi) is 10.7. The van der Waals surface area contributed by atoms with Crippen molar-refractivity contribution in [1.29, 1.82) is 0 Å². The predicted molar refractivity (Wildman–Crippen MR) is 101 cm³/mol. The summed E-state index contributed by atoms with van der Waals surface area (Å²) in [6.45, 7) is 0. The van der Waals surface area contributed by atoms with E-state index in [1.54, 1.807) is 13.5 Å². The zero-order valence-electron chi connectivity index (χ0n) is 13.1. The number of hydrogen-bond donors (Lipinski definition) is 0. The third kappa shape index (κ3) is 7.12. The third-order valence-electron chi connectivity index (χ3n) is 2.64. The Morgan fingerprint density at radius 1 is 0.875 bits per heavy atom. The van der Waals surface area contributed by atoms with E-state index >= 15 is 0 Å². The molecule has 4 nitrogen and oxygen atoms in total. The number of carbonyl (C=O) groups is 2. The summed E-state index contributed by atoms with van der Waals surface area (Å²) in [4.78, 5) is 27.4. The molecule has 0 amide bonds. The minimum atomic E-state index is -0.100. The van der Waals surface area contributed by atoms with Gasteiger partial charge in [0.05, 0.1) is 0 Å². The molecule has 0 N–H and O–H groups in total. The van der Waals surface area contributed by atoms with Crippen LogP contribution in [0.15, 0.2) is 23.4 Å². The fourth-order valence-corrected chi connectivity index (χ4v) is 28.2. The number of esters is 2. The van der Waals surface area contributed by atoms with Gasteiger partial charge >= 0.3 is 182 Å². The van der Waals surface area contributed by atoms with E-state index < -0.39 is 0 Å². The van der Waals surface area contributed by atoms with Crippen LogP contribution in [0.4, 0.5) is 0 Å². The van der Waals surface area contributed by atoms with Crippen LogP contribution in [0.25, 0.3) is 0 Å². The zero-order valence-corrected chi connectivity index (χ0v) is 23.3. The van der Waals surface area contributed by atoms with Crippen LogP contribution in [0.3, 0.4) is 0 Å². The van der Waals surface area contributed by atoms with Crippen molar-refractivity contribution in [3.05, 3.63) is 23.4 Å². The molecule has 0 radical (unpaired) electrons. The monoisotopic (exact) mass is 728 g/mol. The van der Waals surface area contributed by atoms with Crippen molar-refractivity contribution in [1.82, 2.24) is 0 Å². The van der Waals surface area contributed by atoms with Gasteiger partial charge in [-0.05, 0) is 0 Å². The topological polar surface area (TPSA) is 52.6 Å². The van der Waals surface area contributed by atoms with E-state index in [4.69, 9.17) is 9.47 Å². The van der Waals surface area contributed by atoms with Gasteiger partial charge in [0, 0.05) is 0 Å². The van der Waals surface area contributed by atoms with E-state index in [9.17, 15) is 9.59 Å². The first kappa shape index (κ1) is 21.6. The summed E-state index contributed by atoms with van der Waals surface area (Å²) in [5.74, 6) is -0.201. The fourth-order valence-electron chi connectivity index (χ4n) is 1.49. The zero-order chi connectivity index (χ0) is 17.4. The van der Waals surface area contributed by atoms with Crippen LogP contribution in [0.1, 0.15) is 12.8 Å². The Morgan fingerprint density at radius 3 is 1.75 bits per heavy atom. The second-order valence-corrected chi connectivity index (χ2v) is 22.2. The van der Waals surface area contributed by atoms with Crippen LogP contribution >= 0.6 is 0 Å². The number of carbonyl (C=O) groups excluding carboxylic acids is 2. The van der Waals surface area contributed by atoms with Crippen molar-refractivity contribution in [2.45, 2.75) is 23.5 Å². The summed E-state index contributed by atoms with van der Waals surface area (Å²) in [7, 11) is 2.91. The van der Waals surface area contributed by atoms with E-state index in [1.165, 1.54) is 14.2 Å². The van der Waals surface area contributed by atoms with Gasteiger partial charge in [-0.1, -0.05) is 0 Å². The molecular weight excluding hydrogens is 706 g/mol. The van der Waals surface area contributed by atoms with Gasteiger partial charge in [-0.15, -0.1) is 0 Å². The molecule has 0 atom stereocenters. The molecule has 24 heavy (non-hydrogen) atoms. The molecule has 2 aliphatic rings. The van der Waals surface area contributed by atoms with Crippen molar-refractivity contribution in [3.8, 4) is 0 Å². The van der Waals surface area contributed by atoms with Crippen LogP contribution in [-0.2, 0) is 19.1 Å². The van der Waals surface area contributed by atoms with Gasteiger partial charge in [-0.2, -0.15) is 0 Å². The molecule has 0 fully saturated rings. The van der Waals surface area contributed by atoms with Gasteiger partial charge in [0.25, 0.3) is 0 Å². The Hall–Kier alpha value is 1.28. The molecule has 0 bridgehead atoms. The Labute approximate surface area is 180 Å². The number of hydrogen-bond acceptors (Lipinski definition) is 4. The van der Waals surface area contributed by atoms with Crippen LogP contribution in [0.2, 0.25) is 10.6 Å². The third-order valence-corrected chi connectivity index (χ3v) is 26.9. The summed E-state index contributed by atoms with van der Waals surface area (Å²) in [6, 6.07) is 0. The van der Waals surface area contributed by atoms with E-state index in [-0.39, 0.29) is 11.9 Å². The molecule has 132 valence electrons. The molecular formula is C14H16O4Se6. The minimum absolute atomic E-state index is 0.100. The van der Waals surface area contributed by atoms with Crippen molar-refractivity contribution in [3.63, 3.8) is 0 Å². The SMILES string of the molecule is COC(=O)CC[Se]C1=C([Se]CCC(=O)OC)[Se]C(=C2[Se]C=C[Se]2)[Se]1. The predicted octanol–water partition coefficient (Wildman–Crippen LogP) is -0.0740. The summed E-state index contributed by atoms with van der Waals surface area (Å²) in [5.41, 5.74) is 0. The average molecular weight is 722 g/mol.